The molecule has 1 fully saturated rings. The van der Waals surface area contributed by atoms with Crippen LogP contribution in [0, 0.1) is 6.92 Å². The molecule has 2 N–H and O–H groups in total. The van der Waals surface area contributed by atoms with Crippen LogP contribution in [0.5, 0.6) is 17.2 Å². The van der Waals surface area contributed by atoms with E-state index in [1.807, 2.05) is 25.9 Å². The van der Waals surface area contributed by atoms with Gasteiger partial charge in [-0.3, -0.25) is 9.59 Å². The monoisotopic (exact) mass is 440 g/mol. The summed E-state index contributed by atoms with van der Waals surface area (Å²) in [7, 11) is 6.72. The number of likely N-dealkylation sites (N-methyl/N-ethyl adjacent to an activating group) is 1. The molecule has 2 aromatic rings. The first-order chi connectivity index (χ1) is 15.2. The Balaban J connectivity index is 2.18. The van der Waals surface area contributed by atoms with Crippen molar-refractivity contribution >= 4 is 17.4 Å². The van der Waals surface area contributed by atoms with E-state index in [1.54, 1.807) is 37.4 Å². The molecule has 0 spiro atoms. The van der Waals surface area contributed by atoms with E-state index in [0.717, 1.165) is 5.56 Å². The second-order valence-corrected chi connectivity index (χ2v) is 7.91. The molecule has 0 aromatic heterocycles. The minimum atomic E-state index is -0.853. The Labute approximate surface area is 187 Å². The molecule has 1 atom stereocenters. The van der Waals surface area contributed by atoms with Gasteiger partial charge in [0.05, 0.1) is 25.8 Å². The molecule has 1 saturated heterocycles. The van der Waals surface area contributed by atoms with Gasteiger partial charge in [0.25, 0.3) is 11.7 Å². The summed E-state index contributed by atoms with van der Waals surface area (Å²) in [6.45, 7) is 2.62. The zero-order valence-corrected chi connectivity index (χ0v) is 18.9. The third kappa shape index (κ3) is 4.27. The number of phenols is 1. The summed E-state index contributed by atoms with van der Waals surface area (Å²) in [5.74, 6) is -0.950. The lowest BCUT2D eigenvalue weighted by Crippen LogP contribution is -2.35. The van der Waals surface area contributed by atoms with Gasteiger partial charge in [0, 0.05) is 18.7 Å². The van der Waals surface area contributed by atoms with E-state index in [4.69, 9.17) is 9.47 Å². The summed E-state index contributed by atoms with van der Waals surface area (Å²) in [6.07, 6.45) is 0. The van der Waals surface area contributed by atoms with Gasteiger partial charge < -0.3 is 29.5 Å². The Morgan fingerprint density at radius 1 is 1.06 bits per heavy atom. The van der Waals surface area contributed by atoms with E-state index in [1.165, 1.54) is 18.1 Å². The molecule has 170 valence electrons. The molecular weight excluding hydrogens is 412 g/mol. The van der Waals surface area contributed by atoms with Crippen LogP contribution in [0.15, 0.2) is 42.0 Å². The number of ketones is 1. The van der Waals surface area contributed by atoms with Crippen LogP contribution in [-0.2, 0) is 9.59 Å². The van der Waals surface area contributed by atoms with Crippen molar-refractivity contribution < 1.29 is 29.3 Å². The smallest absolute Gasteiger partial charge is 0.295 e. The first-order valence-electron chi connectivity index (χ1n) is 10.1. The lowest BCUT2D eigenvalue weighted by molar-refractivity contribution is -0.140. The van der Waals surface area contributed by atoms with Gasteiger partial charge in [0.1, 0.15) is 11.5 Å². The minimum absolute atomic E-state index is 0.0251. The van der Waals surface area contributed by atoms with E-state index in [9.17, 15) is 19.8 Å². The van der Waals surface area contributed by atoms with Crippen molar-refractivity contribution in [3.05, 3.63) is 58.7 Å². The Hall–Kier alpha value is -3.52. The molecule has 1 aliphatic rings. The quantitative estimate of drug-likeness (QED) is 0.388. The van der Waals surface area contributed by atoms with Gasteiger partial charge in [-0.1, -0.05) is 6.07 Å². The topological polar surface area (TPSA) is 99.5 Å². The van der Waals surface area contributed by atoms with Crippen LogP contribution in [-0.4, -0.2) is 73.1 Å². The summed E-state index contributed by atoms with van der Waals surface area (Å²) in [5.41, 5.74) is 1.64. The molecule has 1 amide bonds. The maximum Gasteiger partial charge on any atom is 0.295 e. The maximum atomic E-state index is 13.0. The molecule has 8 heteroatoms. The average molecular weight is 440 g/mol. The number of Topliss-reactive ketones (excluding diaryl/α,β-unsaturated/α-hetero) is 1. The number of ether oxygens (including phenoxy) is 2. The van der Waals surface area contributed by atoms with Crippen LogP contribution >= 0.6 is 0 Å². The molecule has 1 heterocycles. The Bertz CT molecular complexity index is 1080. The largest absolute Gasteiger partial charge is 0.507 e. The highest BCUT2D eigenvalue weighted by Gasteiger charge is 2.46. The number of hydrogen-bond donors (Lipinski definition) is 2. The zero-order chi connectivity index (χ0) is 23.6. The predicted molar refractivity (Wildman–Crippen MR) is 120 cm³/mol. The number of benzene rings is 2. The molecule has 3 rings (SSSR count). The summed E-state index contributed by atoms with van der Waals surface area (Å²) < 4.78 is 10.4. The molecule has 8 nitrogen and oxygen atoms in total. The van der Waals surface area contributed by atoms with Crippen LogP contribution in [0.2, 0.25) is 0 Å². The molecule has 1 unspecified atom stereocenters. The molecule has 32 heavy (non-hydrogen) atoms. The number of nitrogens with zero attached hydrogens (tertiary/aromatic N) is 2. The molecule has 0 bridgehead atoms. The fourth-order valence-corrected chi connectivity index (χ4v) is 3.82. The standard InChI is InChI=1S/C24H28N2O6/c1-14-12-16(7-8-18(14)31-4)22(28)20-21(15-6-9-19(32-5)17(27)13-15)26(11-10-25(2)3)24(30)23(20)29/h6-9,12-13,21,27-28H,10-11H2,1-5H3/b22-20-. The highest BCUT2D eigenvalue weighted by atomic mass is 16.5. The predicted octanol–water partition coefficient (Wildman–Crippen LogP) is 2.70. The number of aromatic hydroxyl groups is 1. The van der Waals surface area contributed by atoms with Crippen LogP contribution < -0.4 is 9.47 Å². The lowest BCUT2D eigenvalue weighted by atomic mass is 9.94. The first-order valence-corrected chi connectivity index (χ1v) is 10.1. The van der Waals surface area contributed by atoms with E-state index in [2.05, 4.69) is 0 Å². The van der Waals surface area contributed by atoms with Crippen molar-refractivity contribution in [2.24, 2.45) is 0 Å². The summed E-state index contributed by atoms with van der Waals surface area (Å²) in [6, 6.07) is 8.86. The minimum Gasteiger partial charge on any atom is -0.507 e. The maximum absolute atomic E-state index is 13.0. The van der Waals surface area contributed by atoms with Crippen molar-refractivity contribution in [1.29, 1.82) is 0 Å². The van der Waals surface area contributed by atoms with Gasteiger partial charge in [-0.15, -0.1) is 0 Å². The van der Waals surface area contributed by atoms with Gasteiger partial charge in [0.2, 0.25) is 0 Å². The lowest BCUT2D eigenvalue weighted by Gasteiger charge is -2.27. The van der Waals surface area contributed by atoms with Crippen molar-refractivity contribution in [3.8, 4) is 17.2 Å². The van der Waals surface area contributed by atoms with Gasteiger partial charge in [-0.25, -0.2) is 0 Å². The molecule has 2 aromatic carbocycles. The third-order valence-corrected chi connectivity index (χ3v) is 5.52. The van der Waals surface area contributed by atoms with Gasteiger partial charge in [-0.05, 0) is 62.5 Å². The molecule has 1 aliphatic heterocycles. The van der Waals surface area contributed by atoms with E-state index < -0.39 is 17.7 Å². The first kappa shape index (κ1) is 23.1. The second kappa shape index (κ2) is 9.32. The van der Waals surface area contributed by atoms with Crippen molar-refractivity contribution in [3.63, 3.8) is 0 Å². The van der Waals surface area contributed by atoms with Gasteiger partial charge >= 0.3 is 0 Å². The van der Waals surface area contributed by atoms with Crippen LogP contribution in [0.4, 0.5) is 0 Å². The van der Waals surface area contributed by atoms with Crippen molar-refractivity contribution in [2.45, 2.75) is 13.0 Å². The Kier molecular flexibility index (Phi) is 6.74. The number of methoxy groups -OCH3 is 2. The second-order valence-electron chi connectivity index (χ2n) is 7.91. The number of amides is 1. The van der Waals surface area contributed by atoms with E-state index in [-0.39, 0.29) is 29.4 Å². The fourth-order valence-electron chi connectivity index (χ4n) is 3.82. The fraction of sp³-hybridized carbons (Fsp3) is 0.333. The van der Waals surface area contributed by atoms with Gasteiger partial charge in [-0.2, -0.15) is 0 Å². The molecule has 0 aliphatic carbocycles. The number of phenolic OH excluding ortho intramolecular Hbond substituents is 1. The van der Waals surface area contributed by atoms with Crippen molar-refractivity contribution in [2.75, 3.05) is 41.4 Å². The van der Waals surface area contributed by atoms with Crippen LogP contribution in [0.25, 0.3) is 5.76 Å². The number of aliphatic hydroxyl groups excluding tert-OH is 1. The summed E-state index contributed by atoms with van der Waals surface area (Å²) >= 11 is 0. The number of rotatable bonds is 7. The molecule has 0 radical (unpaired) electrons. The van der Waals surface area contributed by atoms with Crippen LogP contribution in [0.3, 0.4) is 0 Å². The summed E-state index contributed by atoms with van der Waals surface area (Å²) in [5, 5.41) is 21.4. The van der Waals surface area contributed by atoms with Gasteiger partial charge in [0.15, 0.2) is 11.5 Å². The highest BCUT2D eigenvalue weighted by Crippen LogP contribution is 2.41. The number of aliphatic hydroxyl groups is 1. The SMILES string of the molecule is COc1ccc(/C(O)=C2/C(=O)C(=O)N(CCN(C)C)C2c2ccc(OC)c(O)c2)cc1C. The number of carbonyl (C=O) groups excluding carboxylic acids is 2. The zero-order valence-electron chi connectivity index (χ0n) is 18.9. The average Bonchev–Trinajstić information content (AvgIpc) is 3.01. The number of hydrogen-bond acceptors (Lipinski definition) is 7. The van der Waals surface area contributed by atoms with Crippen molar-refractivity contribution in [1.82, 2.24) is 9.80 Å². The number of aryl methyl sites for hydroxylation is 1. The normalized spacial score (nSPS) is 17.8. The van der Waals surface area contributed by atoms with E-state index >= 15 is 0 Å². The molecule has 0 saturated carbocycles. The number of likely N-dealkylation sites (tertiary alicyclic amines) is 1. The Morgan fingerprint density at radius 3 is 2.28 bits per heavy atom. The Morgan fingerprint density at radius 2 is 1.72 bits per heavy atom. The van der Waals surface area contributed by atoms with E-state index in [0.29, 0.717) is 23.4 Å². The molecular formula is C24H28N2O6. The van der Waals surface area contributed by atoms with Crippen LogP contribution in [0.1, 0.15) is 22.7 Å². The third-order valence-electron chi connectivity index (χ3n) is 5.52. The summed E-state index contributed by atoms with van der Waals surface area (Å²) in [4.78, 5) is 29.3. The highest BCUT2D eigenvalue weighted by molar-refractivity contribution is 6.46. The number of carbonyl (C=O) groups is 2.